The van der Waals surface area contributed by atoms with Crippen LogP contribution in [0.5, 0.6) is 0 Å². The molecule has 1 fully saturated rings. The van der Waals surface area contributed by atoms with E-state index >= 15 is 0 Å². The van der Waals surface area contributed by atoms with E-state index in [4.69, 9.17) is 9.73 Å². The SMILES string of the molecule is CC(C)S(=O)(=O)NC(=O)c1noc([C@H](CCCC2CCCCC2)CC(=O)NO)n1. The maximum atomic E-state index is 12.1. The first-order chi connectivity index (χ1) is 13.7. The standard InChI is InChI=1S/C18H30N4O6S/c1-12(2)29(26,27)22-17(24)16-19-18(28-21-16)14(11-15(23)20-25)10-6-9-13-7-4-3-5-8-13/h12-14,25H,3-11H2,1-2H3,(H,20,23)(H,22,24)/t14-/m1/s1. The summed E-state index contributed by atoms with van der Waals surface area (Å²) >= 11 is 0. The first-order valence-electron chi connectivity index (χ1n) is 10.1. The van der Waals surface area contributed by atoms with Gasteiger partial charge in [0.25, 0.3) is 5.82 Å². The molecular weight excluding hydrogens is 400 g/mol. The largest absolute Gasteiger partial charge is 0.338 e. The van der Waals surface area contributed by atoms with Crippen molar-refractivity contribution in [1.29, 1.82) is 0 Å². The Kier molecular flexibility index (Phi) is 8.57. The number of hydrogen-bond donors (Lipinski definition) is 3. The second-order valence-corrected chi connectivity index (χ2v) is 10.1. The van der Waals surface area contributed by atoms with Gasteiger partial charge in [0, 0.05) is 12.3 Å². The van der Waals surface area contributed by atoms with Gasteiger partial charge in [-0.3, -0.25) is 14.8 Å². The Balaban J connectivity index is 2.02. The average molecular weight is 431 g/mol. The van der Waals surface area contributed by atoms with Gasteiger partial charge in [-0.2, -0.15) is 4.98 Å². The molecule has 1 heterocycles. The predicted molar refractivity (Wildman–Crippen MR) is 104 cm³/mol. The summed E-state index contributed by atoms with van der Waals surface area (Å²) in [6.07, 6.45) is 8.62. The maximum absolute atomic E-state index is 12.1. The molecule has 2 rings (SSSR count). The van der Waals surface area contributed by atoms with E-state index in [1.807, 2.05) is 4.72 Å². The Bertz CT molecular complexity index is 786. The number of nitrogens with zero attached hydrogens (tertiary/aromatic N) is 2. The highest BCUT2D eigenvalue weighted by molar-refractivity contribution is 7.90. The normalized spacial score (nSPS) is 16.6. The Morgan fingerprint density at radius 3 is 2.55 bits per heavy atom. The fourth-order valence-electron chi connectivity index (χ4n) is 3.50. The quantitative estimate of drug-likeness (QED) is 0.378. The van der Waals surface area contributed by atoms with E-state index in [1.54, 1.807) is 5.48 Å². The van der Waals surface area contributed by atoms with E-state index in [9.17, 15) is 18.0 Å². The van der Waals surface area contributed by atoms with Gasteiger partial charge in [-0.05, 0) is 26.2 Å². The molecule has 1 aliphatic carbocycles. The van der Waals surface area contributed by atoms with Gasteiger partial charge >= 0.3 is 5.91 Å². The summed E-state index contributed by atoms with van der Waals surface area (Å²) < 4.78 is 30.7. The first-order valence-corrected chi connectivity index (χ1v) is 11.6. The summed E-state index contributed by atoms with van der Waals surface area (Å²) in [5.74, 6) is -1.71. The van der Waals surface area contributed by atoms with Gasteiger partial charge in [-0.1, -0.05) is 50.1 Å². The van der Waals surface area contributed by atoms with E-state index < -0.39 is 38.8 Å². The number of sulfonamides is 1. The zero-order valence-electron chi connectivity index (χ0n) is 16.9. The molecule has 1 aromatic heterocycles. The third-order valence-electron chi connectivity index (χ3n) is 5.30. The lowest BCUT2D eigenvalue weighted by atomic mass is 9.84. The van der Waals surface area contributed by atoms with Crippen LogP contribution < -0.4 is 10.2 Å². The molecule has 0 aromatic carbocycles. The Morgan fingerprint density at radius 1 is 1.24 bits per heavy atom. The Morgan fingerprint density at radius 2 is 1.93 bits per heavy atom. The predicted octanol–water partition coefficient (Wildman–Crippen LogP) is 2.27. The number of amides is 2. The fraction of sp³-hybridized carbons (Fsp3) is 0.778. The van der Waals surface area contributed by atoms with Gasteiger partial charge in [0.15, 0.2) is 0 Å². The van der Waals surface area contributed by atoms with E-state index in [1.165, 1.54) is 46.0 Å². The summed E-state index contributed by atoms with van der Waals surface area (Å²) in [6.45, 7) is 2.88. The van der Waals surface area contributed by atoms with Gasteiger partial charge in [0.2, 0.25) is 21.8 Å². The zero-order chi connectivity index (χ0) is 21.4. The fourth-order valence-corrected chi connectivity index (χ4v) is 4.08. The van der Waals surface area contributed by atoms with E-state index in [-0.39, 0.29) is 12.3 Å². The molecule has 0 radical (unpaired) electrons. The number of carbonyl (C=O) groups excluding carboxylic acids is 2. The van der Waals surface area contributed by atoms with Crippen molar-refractivity contribution in [3.05, 3.63) is 11.7 Å². The minimum Gasteiger partial charge on any atom is -0.338 e. The molecule has 1 saturated carbocycles. The molecule has 0 unspecified atom stereocenters. The van der Waals surface area contributed by atoms with Crippen molar-refractivity contribution in [1.82, 2.24) is 20.3 Å². The van der Waals surface area contributed by atoms with Crippen LogP contribution in [0.1, 0.15) is 94.1 Å². The molecule has 0 bridgehead atoms. The molecule has 0 spiro atoms. The van der Waals surface area contributed by atoms with Crippen LogP contribution in [-0.4, -0.2) is 40.8 Å². The van der Waals surface area contributed by atoms with Crippen molar-refractivity contribution in [2.75, 3.05) is 0 Å². The molecule has 1 aromatic rings. The van der Waals surface area contributed by atoms with Gasteiger partial charge in [-0.15, -0.1) is 0 Å². The molecule has 0 saturated heterocycles. The monoisotopic (exact) mass is 430 g/mol. The summed E-state index contributed by atoms with van der Waals surface area (Å²) in [4.78, 5) is 27.8. The minimum absolute atomic E-state index is 0.0735. The molecule has 11 heteroatoms. The number of hydroxylamine groups is 1. The molecule has 3 N–H and O–H groups in total. The van der Waals surface area contributed by atoms with Crippen LogP contribution in [0.25, 0.3) is 0 Å². The molecule has 1 aliphatic rings. The zero-order valence-corrected chi connectivity index (χ0v) is 17.7. The van der Waals surface area contributed by atoms with Crippen molar-refractivity contribution >= 4 is 21.8 Å². The summed E-state index contributed by atoms with van der Waals surface area (Å²) in [5.41, 5.74) is 1.59. The summed E-state index contributed by atoms with van der Waals surface area (Å²) in [5, 5.41) is 11.6. The van der Waals surface area contributed by atoms with Gasteiger partial charge in [0.05, 0.1) is 5.25 Å². The Hall–Kier alpha value is -2.01. The average Bonchev–Trinajstić information content (AvgIpc) is 3.17. The van der Waals surface area contributed by atoms with Crippen molar-refractivity contribution in [3.8, 4) is 0 Å². The number of hydrogen-bond acceptors (Lipinski definition) is 8. The highest BCUT2D eigenvalue weighted by Crippen LogP contribution is 2.31. The highest BCUT2D eigenvalue weighted by atomic mass is 32.2. The number of carbonyl (C=O) groups is 2. The van der Waals surface area contributed by atoms with Crippen LogP contribution in [-0.2, 0) is 14.8 Å². The summed E-state index contributed by atoms with van der Waals surface area (Å²) in [7, 11) is -3.82. The minimum atomic E-state index is -3.82. The van der Waals surface area contributed by atoms with Crippen molar-refractivity contribution in [2.24, 2.45) is 5.92 Å². The molecule has 164 valence electrons. The van der Waals surface area contributed by atoms with Crippen molar-refractivity contribution in [2.45, 2.75) is 82.8 Å². The van der Waals surface area contributed by atoms with Crippen molar-refractivity contribution in [3.63, 3.8) is 0 Å². The maximum Gasteiger partial charge on any atom is 0.306 e. The van der Waals surface area contributed by atoms with Crippen LogP contribution in [0.2, 0.25) is 0 Å². The lowest BCUT2D eigenvalue weighted by Crippen LogP contribution is -2.36. The molecule has 29 heavy (non-hydrogen) atoms. The smallest absolute Gasteiger partial charge is 0.306 e. The van der Waals surface area contributed by atoms with Crippen molar-refractivity contribution < 1.29 is 27.7 Å². The van der Waals surface area contributed by atoms with Crippen LogP contribution >= 0.6 is 0 Å². The van der Waals surface area contributed by atoms with E-state index in [2.05, 4.69) is 10.1 Å². The molecule has 0 aliphatic heterocycles. The third kappa shape index (κ3) is 7.07. The van der Waals surface area contributed by atoms with E-state index in [0.717, 1.165) is 12.8 Å². The summed E-state index contributed by atoms with van der Waals surface area (Å²) in [6, 6.07) is 0. The lowest BCUT2D eigenvalue weighted by molar-refractivity contribution is -0.129. The van der Waals surface area contributed by atoms with Gasteiger partial charge < -0.3 is 4.52 Å². The van der Waals surface area contributed by atoms with Crippen LogP contribution in [0.3, 0.4) is 0 Å². The number of rotatable bonds is 10. The molecule has 10 nitrogen and oxygen atoms in total. The number of nitrogens with one attached hydrogen (secondary N) is 2. The lowest BCUT2D eigenvalue weighted by Gasteiger charge is -2.22. The van der Waals surface area contributed by atoms with Crippen LogP contribution in [0, 0.1) is 5.92 Å². The number of aromatic nitrogens is 2. The highest BCUT2D eigenvalue weighted by Gasteiger charge is 2.27. The second-order valence-electron chi connectivity index (χ2n) is 7.85. The molecule has 1 atom stereocenters. The molecular formula is C18H30N4O6S. The Labute approximate surface area is 170 Å². The third-order valence-corrected chi connectivity index (χ3v) is 7.01. The second kappa shape index (κ2) is 10.7. The van der Waals surface area contributed by atoms with Gasteiger partial charge in [-0.25, -0.2) is 18.6 Å². The van der Waals surface area contributed by atoms with Gasteiger partial charge in [0.1, 0.15) is 0 Å². The topological polar surface area (TPSA) is 151 Å². The van der Waals surface area contributed by atoms with Crippen LogP contribution in [0.4, 0.5) is 0 Å². The first kappa shape index (κ1) is 23.3. The van der Waals surface area contributed by atoms with Crippen LogP contribution in [0.15, 0.2) is 4.52 Å². The molecule has 2 amide bonds. The van der Waals surface area contributed by atoms with E-state index in [0.29, 0.717) is 12.3 Å².